The zero-order chi connectivity index (χ0) is 12.8. The zero-order valence-electron chi connectivity index (χ0n) is 10.5. The smallest absolute Gasteiger partial charge is 0.135 e. The van der Waals surface area contributed by atoms with Crippen molar-refractivity contribution in [2.75, 3.05) is 6.54 Å². The van der Waals surface area contributed by atoms with Crippen LogP contribution in [-0.4, -0.2) is 6.54 Å². The SMILES string of the molecule is CCN.c1ccc(-c2cc3ccccc3o2)cc1. The number of fused-ring (bicyclic) bond motifs is 1. The highest BCUT2D eigenvalue weighted by Crippen LogP contribution is 2.27. The van der Waals surface area contributed by atoms with Crippen molar-refractivity contribution in [3.05, 3.63) is 60.7 Å². The fourth-order valence-corrected chi connectivity index (χ4v) is 1.73. The van der Waals surface area contributed by atoms with Crippen LogP contribution in [0.25, 0.3) is 22.3 Å². The van der Waals surface area contributed by atoms with Gasteiger partial charge in [-0.05, 0) is 18.7 Å². The van der Waals surface area contributed by atoms with E-state index in [0.29, 0.717) is 0 Å². The molecule has 0 amide bonds. The minimum atomic E-state index is 0.750. The molecule has 2 nitrogen and oxygen atoms in total. The third-order valence-corrected chi connectivity index (χ3v) is 2.48. The Kier molecular flexibility index (Phi) is 4.15. The summed E-state index contributed by atoms with van der Waals surface area (Å²) in [6.07, 6.45) is 0. The Labute approximate surface area is 107 Å². The van der Waals surface area contributed by atoms with Crippen molar-refractivity contribution in [3.8, 4) is 11.3 Å². The summed E-state index contributed by atoms with van der Waals surface area (Å²) in [5.74, 6) is 0.928. The zero-order valence-corrected chi connectivity index (χ0v) is 10.5. The predicted octanol–water partition coefficient (Wildman–Crippen LogP) is 4.06. The van der Waals surface area contributed by atoms with Crippen LogP contribution in [0.2, 0.25) is 0 Å². The summed E-state index contributed by atoms with van der Waals surface area (Å²) in [7, 11) is 0. The maximum absolute atomic E-state index is 5.75. The molecule has 0 aliphatic rings. The van der Waals surface area contributed by atoms with E-state index in [-0.39, 0.29) is 0 Å². The Bertz CT molecular complexity index is 566. The van der Waals surface area contributed by atoms with Crippen LogP contribution >= 0.6 is 0 Å². The molecule has 0 radical (unpaired) electrons. The average molecular weight is 239 g/mol. The van der Waals surface area contributed by atoms with Gasteiger partial charge in [-0.15, -0.1) is 0 Å². The van der Waals surface area contributed by atoms with Gasteiger partial charge in [-0.1, -0.05) is 55.5 Å². The molecule has 3 aromatic rings. The fraction of sp³-hybridized carbons (Fsp3) is 0.125. The van der Waals surface area contributed by atoms with Gasteiger partial charge in [-0.25, -0.2) is 0 Å². The van der Waals surface area contributed by atoms with Crippen LogP contribution in [0.5, 0.6) is 0 Å². The Morgan fingerprint density at radius 2 is 1.56 bits per heavy atom. The molecular weight excluding hydrogens is 222 g/mol. The second-order valence-corrected chi connectivity index (χ2v) is 3.92. The first kappa shape index (κ1) is 12.4. The van der Waals surface area contributed by atoms with E-state index in [2.05, 4.69) is 24.3 Å². The number of rotatable bonds is 1. The molecule has 1 heterocycles. The maximum atomic E-state index is 5.75. The lowest BCUT2D eigenvalue weighted by Gasteiger charge is -1.93. The summed E-state index contributed by atoms with van der Waals surface area (Å²) in [4.78, 5) is 0. The van der Waals surface area contributed by atoms with Gasteiger partial charge in [-0.3, -0.25) is 0 Å². The second kappa shape index (κ2) is 6.03. The fourth-order valence-electron chi connectivity index (χ4n) is 1.73. The van der Waals surface area contributed by atoms with Crippen LogP contribution in [0.1, 0.15) is 6.92 Å². The van der Waals surface area contributed by atoms with Gasteiger partial charge in [0.2, 0.25) is 0 Å². The van der Waals surface area contributed by atoms with Crippen molar-refractivity contribution < 1.29 is 4.42 Å². The van der Waals surface area contributed by atoms with Crippen LogP contribution in [0.3, 0.4) is 0 Å². The third kappa shape index (κ3) is 2.79. The maximum Gasteiger partial charge on any atom is 0.135 e. The van der Waals surface area contributed by atoms with E-state index in [1.54, 1.807) is 0 Å². The Morgan fingerprint density at radius 3 is 2.22 bits per heavy atom. The molecule has 0 aliphatic heterocycles. The molecule has 0 unspecified atom stereocenters. The van der Waals surface area contributed by atoms with Gasteiger partial charge < -0.3 is 10.2 Å². The summed E-state index contributed by atoms with van der Waals surface area (Å²) >= 11 is 0. The largest absolute Gasteiger partial charge is 0.456 e. The van der Waals surface area contributed by atoms with E-state index in [1.807, 2.05) is 43.3 Å². The minimum Gasteiger partial charge on any atom is -0.456 e. The molecule has 0 atom stereocenters. The number of para-hydroxylation sites is 1. The van der Waals surface area contributed by atoms with Crippen molar-refractivity contribution in [2.24, 2.45) is 5.73 Å². The van der Waals surface area contributed by atoms with Crippen molar-refractivity contribution in [2.45, 2.75) is 6.92 Å². The highest BCUT2D eigenvalue weighted by atomic mass is 16.3. The van der Waals surface area contributed by atoms with Gasteiger partial charge in [0, 0.05) is 10.9 Å². The van der Waals surface area contributed by atoms with E-state index in [4.69, 9.17) is 10.2 Å². The third-order valence-electron chi connectivity index (χ3n) is 2.48. The monoisotopic (exact) mass is 239 g/mol. The van der Waals surface area contributed by atoms with Crippen LogP contribution in [0, 0.1) is 0 Å². The van der Waals surface area contributed by atoms with Crippen LogP contribution in [-0.2, 0) is 0 Å². The molecule has 92 valence electrons. The quantitative estimate of drug-likeness (QED) is 0.695. The first-order chi connectivity index (χ1) is 8.85. The molecule has 18 heavy (non-hydrogen) atoms. The van der Waals surface area contributed by atoms with E-state index >= 15 is 0 Å². The van der Waals surface area contributed by atoms with E-state index in [0.717, 1.165) is 28.8 Å². The summed E-state index contributed by atoms with van der Waals surface area (Å²) < 4.78 is 5.75. The lowest BCUT2D eigenvalue weighted by molar-refractivity contribution is 0.631. The number of nitrogens with two attached hydrogens (primary N) is 1. The molecule has 2 N–H and O–H groups in total. The molecule has 0 spiro atoms. The molecule has 0 fully saturated rings. The van der Waals surface area contributed by atoms with Crippen LogP contribution in [0.4, 0.5) is 0 Å². The van der Waals surface area contributed by atoms with E-state index in [9.17, 15) is 0 Å². The van der Waals surface area contributed by atoms with Gasteiger partial charge in [0.05, 0.1) is 0 Å². The number of hydrogen-bond donors (Lipinski definition) is 1. The van der Waals surface area contributed by atoms with Crippen LogP contribution in [0.15, 0.2) is 65.1 Å². The number of furan rings is 1. The van der Waals surface area contributed by atoms with Crippen molar-refractivity contribution >= 4 is 11.0 Å². The lowest BCUT2D eigenvalue weighted by atomic mass is 10.1. The molecule has 0 aliphatic carbocycles. The van der Waals surface area contributed by atoms with Gasteiger partial charge in [0.15, 0.2) is 0 Å². The summed E-state index contributed by atoms with van der Waals surface area (Å²) in [6, 6.07) is 20.3. The number of hydrogen-bond acceptors (Lipinski definition) is 2. The molecule has 2 heteroatoms. The normalized spacial score (nSPS) is 9.89. The first-order valence-corrected chi connectivity index (χ1v) is 6.09. The topological polar surface area (TPSA) is 39.2 Å². The highest BCUT2D eigenvalue weighted by Gasteiger charge is 2.03. The number of benzene rings is 2. The molecule has 1 aromatic heterocycles. The lowest BCUT2D eigenvalue weighted by Crippen LogP contribution is -1.87. The molecule has 3 rings (SSSR count). The van der Waals surface area contributed by atoms with Gasteiger partial charge in [0.25, 0.3) is 0 Å². The summed E-state index contributed by atoms with van der Waals surface area (Å²) in [5, 5.41) is 1.15. The summed E-state index contributed by atoms with van der Waals surface area (Å²) in [5.41, 5.74) is 6.91. The van der Waals surface area contributed by atoms with Crippen molar-refractivity contribution in [3.63, 3.8) is 0 Å². The predicted molar refractivity (Wildman–Crippen MR) is 76.4 cm³/mol. The Morgan fingerprint density at radius 1 is 0.944 bits per heavy atom. The molecular formula is C16H17NO. The average Bonchev–Trinajstić information content (AvgIpc) is 2.84. The standard InChI is InChI=1S/C14H10O.C2H7N/c1-2-6-11(7-3-1)14-10-12-8-4-5-9-13(12)15-14;1-2-3/h1-10H;2-3H2,1H3. The first-order valence-electron chi connectivity index (χ1n) is 6.09. The molecule has 0 bridgehead atoms. The molecule has 2 aromatic carbocycles. The van der Waals surface area contributed by atoms with E-state index < -0.39 is 0 Å². The highest BCUT2D eigenvalue weighted by molar-refractivity contribution is 5.82. The van der Waals surface area contributed by atoms with Gasteiger partial charge >= 0.3 is 0 Å². The Hall–Kier alpha value is -2.06. The molecule has 0 saturated carbocycles. The van der Waals surface area contributed by atoms with Gasteiger partial charge in [0.1, 0.15) is 11.3 Å². The van der Waals surface area contributed by atoms with Gasteiger partial charge in [-0.2, -0.15) is 0 Å². The van der Waals surface area contributed by atoms with Crippen molar-refractivity contribution in [1.82, 2.24) is 0 Å². The minimum absolute atomic E-state index is 0.750. The second-order valence-electron chi connectivity index (χ2n) is 3.92. The molecule has 0 saturated heterocycles. The van der Waals surface area contributed by atoms with Crippen molar-refractivity contribution in [1.29, 1.82) is 0 Å². The van der Waals surface area contributed by atoms with Crippen LogP contribution < -0.4 is 5.73 Å². The Balaban J connectivity index is 0.000000367. The summed E-state index contributed by atoms with van der Waals surface area (Å²) in [6.45, 7) is 2.65. The van der Waals surface area contributed by atoms with E-state index in [1.165, 1.54) is 0 Å².